The molecule has 0 unspecified atom stereocenters. The third kappa shape index (κ3) is 3.95. The lowest BCUT2D eigenvalue weighted by atomic mass is 9.72. The number of rotatable bonds is 5. The normalized spacial score (nSPS) is 17.2. The van der Waals surface area contributed by atoms with Gasteiger partial charge in [-0.25, -0.2) is 4.79 Å². The molecule has 21 heavy (non-hydrogen) atoms. The first kappa shape index (κ1) is 15.8. The van der Waals surface area contributed by atoms with Crippen molar-refractivity contribution in [1.29, 1.82) is 0 Å². The van der Waals surface area contributed by atoms with Crippen LogP contribution in [0.5, 0.6) is 0 Å². The van der Waals surface area contributed by atoms with E-state index in [9.17, 15) is 4.79 Å². The first-order chi connectivity index (χ1) is 10.2. The maximum absolute atomic E-state index is 11.7. The Morgan fingerprint density at radius 3 is 2.67 bits per heavy atom. The van der Waals surface area contributed by atoms with E-state index in [1.807, 2.05) is 12.1 Å². The molecule has 3 N–H and O–H groups in total. The first-order valence-electron chi connectivity index (χ1n) is 7.44. The molecule has 0 aliphatic carbocycles. The number of ether oxygens (including phenoxy) is 1. The number of nitrogens with one attached hydrogen (secondary N) is 2. The molecule has 1 saturated heterocycles. The summed E-state index contributed by atoms with van der Waals surface area (Å²) >= 11 is 0. The summed E-state index contributed by atoms with van der Waals surface area (Å²) in [6, 6.07) is 8.11. The molecule has 0 saturated carbocycles. The minimum atomic E-state index is -0.233. The van der Waals surface area contributed by atoms with Crippen molar-refractivity contribution in [2.45, 2.75) is 25.2 Å². The van der Waals surface area contributed by atoms with Crippen LogP contribution in [0.4, 0.5) is 4.79 Å². The van der Waals surface area contributed by atoms with Crippen LogP contribution in [0.15, 0.2) is 24.3 Å². The van der Waals surface area contributed by atoms with Gasteiger partial charge in [-0.2, -0.15) is 0 Å². The van der Waals surface area contributed by atoms with E-state index in [0.717, 1.165) is 12.8 Å². The van der Waals surface area contributed by atoms with Crippen LogP contribution >= 0.6 is 0 Å². The van der Waals surface area contributed by atoms with E-state index in [0.29, 0.717) is 19.8 Å². The molecular weight excluding hydrogens is 268 g/mol. The molecule has 2 amide bonds. The highest BCUT2D eigenvalue weighted by Gasteiger charge is 2.35. The van der Waals surface area contributed by atoms with Gasteiger partial charge in [0, 0.05) is 31.7 Å². The third-order valence-electron chi connectivity index (χ3n) is 4.15. The molecule has 1 aromatic carbocycles. The van der Waals surface area contributed by atoms with Crippen LogP contribution in [0.3, 0.4) is 0 Å². The molecule has 1 fully saturated rings. The highest BCUT2D eigenvalue weighted by molar-refractivity contribution is 5.74. The second-order valence-corrected chi connectivity index (χ2v) is 5.54. The molecule has 5 nitrogen and oxygen atoms in total. The largest absolute Gasteiger partial charge is 0.395 e. The van der Waals surface area contributed by atoms with Gasteiger partial charge in [0.2, 0.25) is 0 Å². The average molecular weight is 292 g/mol. The summed E-state index contributed by atoms with van der Waals surface area (Å²) in [4.78, 5) is 11.7. The van der Waals surface area contributed by atoms with E-state index in [1.54, 1.807) is 0 Å². The van der Waals surface area contributed by atoms with E-state index in [2.05, 4.69) is 29.7 Å². The maximum atomic E-state index is 11.7. The number of urea groups is 1. The second kappa shape index (κ2) is 7.43. The lowest BCUT2D eigenvalue weighted by Gasteiger charge is -2.39. The molecule has 1 heterocycles. The summed E-state index contributed by atoms with van der Waals surface area (Å²) in [6.07, 6.45) is 1.80. The van der Waals surface area contributed by atoms with E-state index < -0.39 is 0 Å². The number of aliphatic hydroxyl groups excluding tert-OH is 1. The van der Waals surface area contributed by atoms with Gasteiger partial charge in [-0.1, -0.05) is 24.3 Å². The van der Waals surface area contributed by atoms with Gasteiger partial charge in [0.15, 0.2) is 0 Å². The third-order valence-corrected chi connectivity index (χ3v) is 4.15. The van der Waals surface area contributed by atoms with Crippen LogP contribution in [0, 0.1) is 6.92 Å². The van der Waals surface area contributed by atoms with E-state index in [4.69, 9.17) is 9.84 Å². The fraction of sp³-hybridized carbons (Fsp3) is 0.562. The lowest BCUT2D eigenvalue weighted by molar-refractivity contribution is 0.0505. The van der Waals surface area contributed by atoms with Gasteiger partial charge in [0.1, 0.15) is 0 Å². The van der Waals surface area contributed by atoms with Gasteiger partial charge < -0.3 is 20.5 Å². The number of aryl methyl sites for hydroxylation is 1. The monoisotopic (exact) mass is 292 g/mol. The average Bonchev–Trinajstić information content (AvgIpc) is 2.52. The fourth-order valence-corrected chi connectivity index (χ4v) is 2.95. The van der Waals surface area contributed by atoms with Gasteiger partial charge in [0.05, 0.1) is 6.61 Å². The number of benzene rings is 1. The molecule has 5 heteroatoms. The topological polar surface area (TPSA) is 70.6 Å². The van der Waals surface area contributed by atoms with E-state index in [1.165, 1.54) is 11.1 Å². The van der Waals surface area contributed by atoms with Crippen molar-refractivity contribution in [3.63, 3.8) is 0 Å². The minimum Gasteiger partial charge on any atom is -0.395 e. The molecule has 2 rings (SSSR count). The quantitative estimate of drug-likeness (QED) is 0.767. The Kier molecular flexibility index (Phi) is 5.59. The lowest BCUT2D eigenvalue weighted by Crippen LogP contribution is -2.48. The Morgan fingerprint density at radius 1 is 1.29 bits per heavy atom. The number of aliphatic hydroxyl groups is 1. The van der Waals surface area contributed by atoms with Crippen LogP contribution in [0.25, 0.3) is 0 Å². The van der Waals surface area contributed by atoms with Gasteiger partial charge >= 0.3 is 6.03 Å². The Hall–Kier alpha value is -1.59. The first-order valence-corrected chi connectivity index (χ1v) is 7.44. The molecule has 0 aromatic heterocycles. The van der Waals surface area contributed by atoms with Gasteiger partial charge in [0.25, 0.3) is 0 Å². The molecule has 1 aromatic rings. The molecule has 116 valence electrons. The van der Waals surface area contributed by atoms with Crippen molar-refractivity contribution in [3.8, 4) is 0 Å². The van der Waals surface area contributed by atoms with Gasteiger partial charge in [-0.3, -0.25) is 0 Å². The predicted molar refractivity (Wildman–Crippen MR) is 81.4 cm³/mol. The Labute approximate surface area is 125 Å². The van der Waals surface area contributed by atoms with Crippen LogP contribution < -0.4 is 10.6 Å². The zero-order chi connectivity index (χ0) is 15.1. The molecule has 1 aliphatic rings. The van der Waals surface area contributed by atoms with Gasteiger partial charge in [-0.05, 0) is 30.9 Å². The second-order valence-electron chi connectivity index (χ2n) is 5.54. The van der Waals surface area contributed by atoms with Crippen LogP contribution in [0.1, 0.15) is 24.0 Å². The Morgan fingerprint density at radius 2 is 2.00 bits per heavy atom. The standard InChI is InChI=1S/C16H24N2O3/c1-13-4-2-3-5-14(13)16(6-10-21-11-7-16)12-18-15(20)17-8-9-19/h2-5,19H,6-12H2,1H3,(H2,17,18,20). The van der Waals surface area contributed by atoms with Crippen molar-refractivity contribution in [3.05, 3.63) is 35.4 Å². The zero-order valence-corrected chi connectivity index (χ0v) is 12.5. The molecule has 0 spiro atoms. The molecule has 0 bridgehead atoms. The van der Waals surface area contributed by atoms with Crippen molar-refractivity contribution in [1.82, 2.24) is 10.6 Å². The summed E-state index contributed by atoms with van der Waals surface area (Å²) in [5.41, 5.74) is 2.47. The highest BCUT2D eigenvalue weighted by atomic mass is 16.5. The number of hydrogen-bond acceptors (Lipinski definition) is 3. The van der Waals surface area contributed by atoms with Crippen molar-refractivity contribution >= 4 is 6.03 Å². The van der Waals surface area contributed by atoms with Crippen LogP contribution in [0.2, 0.25) is 0 Å². The Bertz CT molecular complexity index is 470. The number of amides is 2. The summed E-state index contributed by atoms with van der Waals surface area (Å²) in [7, 11) is 0. The Balaban J connectivity index is 2.11. The zero-order valence-electron chi connectivity index (χ0n) is 12.5. The van der Waals surface area contributed by atoms with E-state index in [-0.39, 0.29) is 24.6 Å². The fourth-order valence-electron chi connectivity index (χ4n) is 2.95. The van der Waals surface area contributed by atoms with Crippen LogP contribution in [-0.2, 0) is 10.2 Å². The van der Waals surface area contributed by atoms with E-state index >= 15 is 0 Å². The summed E-state index contributed by atoms with van der Waals surface area (Å²) in [5, 5.41) is 14.3. The van der Waals surface area contributed by atoms with Crippen LogP contribution in [-0.4, -0.2) is 44.0 Å². The summed E-state index contributed by atoms with van der Waals surface area (Å²) in [5.74, 6) is 0. The number of carbonyl (C=O) groups excluding carboxylic acids is 1. The van der Waals surface area contributed by atoms with Crippen molar-refractivity contribution < 1.29 is 14.6 Å². The number of carbonyl (C=O) groups is 1. The summed E-state index contributed by atoms with van der Waals surface area (Å²) in [6.45, 7) is 4.34. The predicted octanol–water partition coefficient (Wildman–Crippen LogP) is 1.33. The minimum absolute atomic E-state index is 0.0514. The smallest absolute Gasteiger partial charge is 0.314 e. The maximum Gasteiger partial charge on any atom is 0.314 e. The number of hydrogen-bond donors (Lipinski definition) is 3. The highest BCUT2D eigenvalue weighted by Crippen LogP contribution is 2.36. The molecule has 1 aliphatic heterocycles. The molecular formula is C16H24N2O3. The SMILES string of the molecule is Cc1ccccc1C1(CNC(=O)NCCO)CCOCC1. The molecule has 0 radical (unpaired) electrons. The summed E-state index contributed by atoms with van der Waals surface area (Å²) < 4.78 is 5.50. The molecule has 0 atom stereocenters. The van der Waals surface area contributed by atoms with Gasteiger partial charge in [-0.15, -0.1) is 0 Å². The van der Waals surface area contributed by atoms with Crippen molar-refractivity contribution in [2.75, 3.05) is 32.9 Å². The van der Waals surface area contributed by atoms with Crippen molar-refractivity contribution in [2.24, 2.45) is 0 Å².